The van der Waals surface area contributed by atoms with Gasteiger partial charge in [0.25, 0.3) is 0 Å². The SMILES string of the molecule is O=C(Nc1ccc(Cl)c(Cl)c1)Nc1cc(C(=O)O)[nH]n1. The number of hydrogen-bond donors (Lipinski definition) is 4. The van der Waals surface area contributed by atoms with Gasteiger partial charge in [-0.05, 0) is 18.2 Å². The molecule has 0 atom stereocenters. The van der Waals surface area contributed by atoms with E-state index in [0.29, 0.717) is 15.7 Å². The molecule has 0 saturated carbocycles. The summed E-state index contributed by atoms with van der Waals surface area (Å²) < 4.78 is 0. The van der Waals surface area contributed by atoms with Gasteiger partial charge in [0, 0.05) is 11.8 Å². The molecule has 1 aromatic carbocycles. The predicted molar refractivity (Wildman–Crippen MR) is 74.7 cm³/mol. The highest BCUT2D eigenvalue weighted by Gasteiger charge is 2.10. The zero-order valence-corrected chi connectivity index (χ0v) is 11.3. The Kier molecular flexibility index (Phi) is 4.11. The van der Waals surface area contributed by atoms with E-state index in [1.165, 1.54) is 18.2 Å². The number of urea groups is 1. The maximum Gasteiger partial charge on any atom is 0.353 e. The molecule has 7 nitrogen and oxygen atoms in total. The van der Waals surface area contributed by atoms with Crippen LogP contribution in [0.2, 0.25) is 10.0 Å². The van der Waals surface area contributed by atoms with E-state index in [9.17, 15) is 9.59 Å². The lowest BCUT2D eigenvalue weighted by atomic mass is 10.3. The lowest BCUT2D eigenvalue weighted by Gasteiger charge is -2.06. The Morgan fingerprint density at radius 1 is 1.15 bits per heavy atom. The number of rotatable bonds is 3. The monoisotopic (exact) mass is 314 g/mol. The Bertz CT molecular complexity index is 671. The summed E-state index contributed by atoms with van der Waals surface area (Å²) in [5, 5.41) is 20.1. The summed E-state index contributed by atoms with van der Waals surface area (Å²) in [7, 11) is 0. The summed E-state index contributed by atoms with van der Waals surface area (Å²) in [6, 6.07) is 5.19. The average molecular weight is 315 g/mol. The van der Waals surface area contributed by atoms with E-state index >= 15 is 0 Å². The maximum absolute atomic E-state index is 11.7. The summed E-state index contributed by atoms with van der Waals surface area (Å²) in [5.41, 5.74) is 0.306. The van der Waals surface area contributed by atoms with Crippen LogP contribution in [0.25, 0.3) is 0 Å². The number of amides is 2. The second-order valence-electron chi connectivity index (χ2n) is 3.68. The Hall–Kier alpha value is -2.25. The first-order chi connectivity index (χ1) is 9.45. The number of benzene rings is 1. The summed E-state index contributed by atoms with van der Waals surface area (Å²) in [6.45, 7) is 0. The first-order valence-electron chi connectivity index (χ1n) is 5.27. The van der Waals surface area contributed by atoms with Crippen LogP contribution < -0.4 is 10.6 Å². The number of aromatic nitrogens is 2. The Morgan fingerprint density at radius 3 is 2.50 bits per heavy atom. The van der Waals surface area contributed by atoms with Gasteiger partial charge < -0.3 is 10.4 Å². The van der Waals surface area contributed by atoms with Gasteiger partial charge in [0.1, 0.15) is 5.69 Å². The van der Waals surface area contributed by atoms with Gasteiger partial charge in [-0.15, -0.1) is 0 Å². The topological polar surface area (TPSA) is 107 Å². The molecule has 0 spiro atoms. The third-order valence-corrected chi connectivity index (χ3v) is 2.97. The van der Waals surface area contributed by atoms with E-state index in [0.717, 1.165) is 0 Å². The fraction of sp³-hybridized carbons (Fsp3) is 0. The molecule has 0 aliphatic rings. The van der Waals surface area contributed by atoms with E-state index in [4.69, 9.17) is 28.3 Å². The van der Waals surface area contributed by atoms with E-state index in [2.05, 4.69) is 20.8 Å². The zero-order valence-electron chi connectivity index (χ0n) is 9.78. The summed E-state index contributed by atoms with van der Waals surface area (Å²) >= 11 is 11.6. The van der Waals surface area contributed by atoms with Crippen LogP contribution in [0.15, 0.2) is 24.3 Å². The minimum Gasteiger partial charge on any atom is -0.477 e. The van der Waals surface area contributed by atoms with Crippen LogP contribution in [0.1, 0.15) is 10.5 Å². The number of aromatic carboxylic acids is 1. The van der Waals surface area contributed by atoms with Crippen LogP contribution in [-0.4, -0.2) is 27.3 Å². The number of H-pyrrole nitrogens is 1. The quantitative estimate of drug-likeness (QED) is 0.698. The minimum absolute atomic E-state index is 0.0833. The molecule has 2 amide bonds. The lowest BCUT2D eigenvalue weighted by Crippen LogP contribution is -2.19. The van der Waals surface area contributed by atoms with Gasteiger partial charge in [0.2, 0.25) is 0 Å². The van der Waals surface area contributed by atoms with E-state index in [-0.39, 0.29) is 11.5 Å². The third kappa shape index (κ3) is 3.40. The molecule has 9 heteroatoms. The van der Waals surface area contributed by atoms with Crippen LogP contribution in [0, 0.1) is 0 Å². The van der Waals surface area contributed by atoms with Crippen molar-refractivity contribution in [2.24, 2.45) is 0 Å². The fourth-order valence-electron chi connectivity index (χ4n) is 1.35. The van der Waals surface area contributed by atoms with Crippen LogP contribution in [0.5, 0.6) is 0 Å². The predicted octanol–water partition coefficient (Wildman–Crippen LogP) is 3.06. The van der Waals surface area contributed by atoms with Crippen molar-refractivity contribution in [3.63, 3.8) is 0 Å². The number of carbonyl (C=O) groups is 2. The Labute approximate surface area is 122 Å². The molecule has 104 valence electrons. The first kappa shape index (κ1) is 14.2. The van der Waals surface area contributed by atoms with Crippen LogP contribution in [0.3, 0.4) is 0 Å². The highest BCUT2D eigenvalue weighted by Crippen LogP contribution is 2.25. The number of aromatic amines is 1. The van der Waals surface area contributed by atoms with Gasteiger partial charge in [-0.1, -0.05) is 23.2 Å². The van der Waals surface area contributed by atoms with Crippen molar-refractivity contribution in [3.05, 3.63) is 40.0 Å². The molecule has 2 aromatic rings. The van der Waals surface area contributed by atoms with Gasteiger partial charge in [-0.25, -0.2) is 9.59 Å². The van der Waals surface area contributed by atoms with Gasteiger partial charge in [-0.2, -0.15) is 5.10 Å². The molecule has 20 heavy (non-hydrogen) atoms. The molecule has 1 aromatic heterocycles. The third-order valence-electron chi connectivity index (χ3n) is 2.23. The largest absolute Gasteiger partial charge is 0.477 e. The van der Waals surface area contributed by atoms with Crippen molar-refractivity contribution in [2.45, 2.75) is 0 Å². The molecule has 0 aliphatic heterocycles. The number of carbonyl (C=O) groups excluding carboxylic acids is 1. The van der Waals surface area contributed by atoms with Gasteiger partial charge in [0.15, 0.2) is 5.82 Å². The summed E-state index contributed by atoms with van der Waals surface area (Å²) in [5.74, 6) is -1.09. The van der Waals surface area contributed by atoms with E-state index in [1.807, 2.05) is 0 Å². The minimum atomic E-state index is -1.17. The summed E-state index contributed by atoms with van der Waals surface area (Å²) in [6.07, 6.45) is 0. The molecule has 0 aliphatic carbocycles. The van der Waals surface area contributed by atoms with Crippen molar-refractivity contribution in [2.75, 3.05) is 10.6 Å². The van der Waals surface area contributed by atoms with E-state index in [1.54, 1.807) is 6.07 Å². The van der Waals surface area contributed by atoms with E-state index < -0.39 is 12.0 Å². The first-order valence-corrected chi connectivity index (χ1v) is 6.03. The van der Waals surface area contributed by atoms with Crippen LogP contribution in [-0.2, 0) is 0 Å². The normalized spacial score (nSPS) is 10.1. The molecule has 0 saturated heterocycles. The molecule has 0 bridgehead atoms. The molecule has 1 heterocycles. The molecule has 0 fully saturated rings. The van der Waals surface area contributed by atoms with Crippen molar-refractivity contribution in [1.29, 1.82) is 0 Å². The maximum atomic E-state index is 11.7. The number of nitrogens with zero attached hydrogens (tertiary/aromatic N) is 1. The van der Waals surface area contributed by atoms with Gasteiger partial charge in [0.05, 0.1) is 10.0 Å². The Balaban J connectivity index is 2.01. The van der Waals surface area contributed by atoms with Crippen LogP contribution in [0.4, 0.5) is 16.3 Å². The number of hydrogen-bond acceptors (Lipinski definition) is 3. The second-order valence-corrected chi connectivity index (χ2v) is 4.49. The molecule has 2 rings (SSSR count). The summed E-state index contributed by atoms with van der Waals surface area (Å²) in [4.78, 5) is 22.3. The average Bonchev–Trinajstić information content (AvgIpc) is 2.82. The number of anilines is 2. The molecule has 4 N–H and O–H groups in total. The van der Waals surface area contributed by atoms with Gasteiger partial charge in [-0.3, -0.25) is 10.4 Å². The lowest BCUT2D eigenvalue weighted by molar-refractivity contribution is 0.0690. The second kappa shape index (κ2) is 5.81. The highest BCUT2D eigenvalue weighted by atomic mass is 35.5. The zero-order chi connectivity index (χ0) is 14.7. The standard InChI is InChI=1S/C11H8Cl2N4O3/c12-6-2-1-5(3-7(6)13)14-11(20)15-9-4-8(10(18)19)16-17-9/h1-4H,(H,18,19)(H3,14,15,16,17,20). The fourth-order valence-corrected chi connectivity index (χ4v) is 1.65. The smallest absolute Gasteiger partial charge is 0.353 e. The molecule has 0 radical (unpaired) electrons. The molecular weight excluding hydrogens is 307 g/mol. The number of nitrogens with one attached hydrogen (secondary N) is 3. The van der Waals surface area contributed by atoms with Crippen LogP contribution >= 0.6 is 23.2 Å². The number of carboxylic acids is 1. The Morgan fingerprint density at radius 2 is 1.90 bits per heavy atom. The van der Waals surface area contributed by atoms with Crippen molar-refractivity contribution < 1.29 is 14.7 Å². The van der Waals surface area contributed by atoms with Crippen molar-refractivity contribution in [3.8, 4) is 0 Å². The van der Waals surface area contributed by atoms with Gasteiger partial charge >= 0.3 is 12.0 Å². The number of halogens is 2. The molecule has 0 unspecified atom stereocenters. The van der Waals surface area contributed by atoms with Crippen molar-refractivity contribution >= 4 is 46.7 Å². The molecular formula is C11H8Cl2N4O3. The number of carboxylic acid groups (broad SMARTS) is 1. The highest BCUT2D eigenvalue weighted by molar-refractivity contribution is 6.42. The van der Waals surface area contributed by atoms with Crippen molar-refractivity contribution in [1.82, 2.24) is 10.2 Å².